The number of aliphatic hydroxyl groups is 2. The smallest absolute Gasteiger partial charge is 0.319 e. The fourth-order valence-electron chi connectivity index (χ4n) is 1.08. The van der Waals surface area contributed by atoms with Gasteiger partial charge in [0, 0.05) is 16.7 Å². The van der Waals surface area contributed by atoms with Gasteiger partial charge in [-0.2, -0.15) is 0 Å². The Hall–Kier alpha value is -1.18. The van der Waals surface area contributed by atoms with Crippen LogP contribution in [0.5, 0.6) is 0 Å². The molecule has 0 aliphatic heterocycles. The molecule has 0 aliphatic carbocycles. The summed E-state index contributed by atoms with van der Waals surface area (Å²) >= 11 is 3.09. The van der Waals surface area contributed by atoms with Gasteiger partial charge in [-0.1, -0.05) is 15.9 Å². The molecule has 4 N–H and O–H groups in total. The Morgan fingerprint density at radius 1 is 1.47 bits per heavy atom. The standard InChI is InChI=1S/C10H12BrFN2O3/c11-6-1-7(12)3-8(2-6)14-10(17)13-4-9(16)5-15/h1-3,9,15-16H,4-5H2,(H2,13,14,17)/t9-/m0/s1. The number of hydrogen-bond acceptors (Lipinski definition) is 3. The number of hydrogen-bond donors (Lipinski definition) is 4. The number of anilines is 1. The molecular weight excluding hydrogens is 295 g/mol. The Morgan fingerprint density at radius 2 is 2.18 bits per heavy atom. The molecule has 1 rings (SSSR count). The lowest BCUT2D eigenvalue weighted by atomic mass is 10.3. The molecule has 7 heteroatoms. The van der Waals surface area contributed by atoms with Gasteiger partial charge in [0.1, 0.15) is 5.82 Å². The highest BCUT2D eigenvalue weighted by Gasteiger charge is 2.06. The molecule has 5 nitrogen and oxygen atoms in total. The van der Waals surface area contributed by atoms with Crippen molar-refractivity contribution in [2.45, 2.75) is 6.10 Å². The predicted molar refractivity (Wildman–Crippen MR) is 64.2 cm³/mol. The number of aliphatic hydroxyl groups excluding tert-OH is 2. The zero-order chi connectivity index (χ0) is 12.8. The summed E-state index contributed by atoms with van der Waals surface area (Å²) in [5.41, 5.74) is 0.285. The molecule has 0 radical (unpaired) electrons. The van der Waals surface area contributed by atoms with Crippen LogP contribution in [-0.2, 0) is 0 Å². The first kappa shape index (κ1) is 13.9. The van der Waals surface area contributed by atoms with E-state index in [0.29, 0.717) is 4.47 Å². The number of benzene rings is 1. The zero-order valence-corrected chi connectivity index (χ0v) is 10.4. The van der Waals surface area contributed by atoms with Crippen molar-refractivity contribution in [2.24, 2.45) is 0 Å². The van der Waals surface area contributed by atoms with Crippen LogP contribution in [0.3, 0.4) is 0 Å². The van der Waals surface area contributed by atoms with E-state index in [-0.39, 0.29) is 12.2 Å². The minimum absolute atomic E-state index is 0.0845. The first-order chi connectivity index (χ1) is 8.01. The summed E-state index contributed by atoms with van der Waals surface area (Å²) < 4.78 is 13.5. The highest BCUT2D eigenvalue weighted by Crippen LogP contribution is 2.18. The van der Waals surface area contributed by atoms with Gasteiger partial charge in [0.05, 0.1) is 12.7 Å². The summed E-state index contributed by atoms with van der Waals surface area (Å²) in [6.45, 7) is -0.523. The molecule has 0 aromatic heterocycles. The van der Waals surface area contributed by atoms with E-state index in [4.69, 9.17) is 10.2 Å². The van der Waals surface area contributed by atoms with Crippen molar-refractivity contribution in [3.05, 3.63) is 28.5 Å². The molecule has 0 bridgehead atoms. The number of halogens is 2. The summed E-state index contributed by atoms with van der Waals surface area (Å²) in [6.07, 6.45) is -1.01. The normalized spacial score (nSPS) is 12.0. The van der Waals surface area contributed by atoms with E-state index in [1.54, 1.807) is 0 Å². The largest absolute Gasteiger partial charge is 0.394 e. The van der Waals surface area contributed by atoms with Crippen molar-refractivity contribution >= 4 is 27.6 Å². The van der Waals surface area contributed by atoms with Crippen molar-refractivity contribution in [1.29, 1.82) is 0 Å². The first-order valence-electron chi connectivity index (χ1n) is 4.81. The van der Waals surface area contributed by atoms with Crippen molar-refractivity contribution in [3.8, 4) is 0 Å². The number of nitrogens with one attached hydrogen (secondary N) is 2. The first-order valence-corrected chi connectivity index (χ1v) is 5.60. The van der Waals surface area contributed by atoms with Crippen LogP contribution < -0.4 is 10.6 Å². The van der Waals surface area contributed by atoms with Gasteiger partial charge in [0.2, 0.25) is 0 Å². The van der Waals surface area contributed by atoms with Crippen molar-refractivity contribution in [3.63, 3.8) is 0 Å². The molecule has 0 saturated heterocycles. The molecule has 0 spiro atoms. The highest BCUT2D eigenvalue weighted by atomic mass is 79.9. The fourth-order valence-corrected chi connectivity index (χ4v) is 1.54. The maximum Gasteiger partial charge on any atom is 0.319 e. The summed E-state index contributed by atoms with van der Waals surface area (Å²) in [5, 5.41) is 22.2. The van der Waals surface area contributed by atoms with Gasteiger partial charge in [0.15, 0.2) is 0 Å². The Balaban J connectivity index is 2.50. The number of rotatable bonds is 4. The third-order valence-corrected chi connectivity index (χ3v) is 2.29. The second-order valence-electron chi connectivity index (χ2n) is 3.33. The van der Waals surface area contributed by atoms with E-state index in [1.165, 1.54) is 12.1 Å². The van der Waals surface area contributed by atoms with Crippen LogP contribution in [0.2, 0.25) is 0 Å². The molecule has 2 amide bonds. The third-order valence-electron chi connectivity index (χ3n) is 1.83. The van der Waals surface area contributed by atoms with Gasteiger partial charge in [0.25, 0.3) is 0 Å². The summed E-state index contributed by atoms with van der Waals surface area (Å²) in [6, 6.07) is 3.37. The van der Waals surface area contributed by atoms with Crippen molar-refractivity contribution < 1.29 is 19.4 Å². The monoisotopic (exact) mass is 306 g/mol. The summed E-state index contributed by atoms with van der Waals surface area (Å²) in [5.74, 6) is -0.481. The zero-order valence-electron chi connectivity index (χ0n) is 8.78. The lowest BCUT2D eigenvalue weighted by Crippen LogP contribution is -2.36. The molecule has 1 aromatic rings. The van der Waals surface area contributed by atoms with Gasteiger partial charge in [-0.05, 0) is 18.2 Å². The van der Waals surface area contributed by atoms with Crippen molar-refractivity contribution in [1.82, 2.24) is 5.32 Å². The minimum Gasteiger partial charge on any atom is -0.394 e. The second-order valence-corrected chi connectivity index (χ2v) is 4.25. The highest BCUT2D eigenvalue weighted by molar-refractivity contribution is 9.10. The number of carbonyl (C=O) groups excluding carboxylic acids is 1. The van der Waals surface area contributed by atoms with Crippen LogP contribution in [0.25, 0.3) is 0 Å². The Labute approximate surface area is 106 Å². The molecule has 0 heterocycles. The van der Waals surface area contributed by atoms with E-state index in [2.05, 4.69) is 26.6 Å². The van der Waals surface area contributed by atoms with E-state index in [1.807, 2.05) is 0 Å². The molecule has 1 aromatic carbocycles. The van der Waals surface area contributed by atoms with Crippen molar-refractivity contribution in [2.75, 3.05) is 18.5 Å². The Morgan fingerprint density at radius 3 is 2.76 bits per heavy atom. The van der Waals surface area contributed by atoms with Gasteiger partial charge in [-0.3, -0.25) is 0 Å². The average Bonchev–Trinajstić information content (AvgIpc) is 2.24. The van der Waals surface area contributed by atoms with Crippen LogP contribution >= 0.6 is 15.9 Å². The molecule has 0 saturated carbocycles. The maximum atomic E-state index is 13.0. The molecule has 94 valence electrons. The molecule has 0 unspecified atom stereocenters. The number of urea groups is 1. The average molecular weight is 307 g/mol. The van der Waals surface area contributed by atoms with Crippen LogP contribution in [0.15, 0.2) is 22.7 Å². The fraction of sp³-hybridized carbons (Fsp3) is 0.300. The lowest BCUT2D eigenvalue weighted by molar-refractivity contribution is 0.0965. The quantitative estimate of drug-likeness (QED) is 0.671. The van der Waals surface area contributed by atoms with Gasteiger partial charge < -0.3 is 20.8 Å². The van der Waals surface area contributed by atoms with Gasteiger partial charge >= 0.3 is 6.03 Å². The summed E-state index contributed by atoms with van der Waals surface area (Å²) in [4.78, 5) is 11.3. The SMILES string of the molecule is O=C(NC[C@H](O)CO)Nc1cc(F)cc(Br)c1. The molecular formula is C10H12BrFN2O3. The van der Waals surface area contributed by atoms with E-state index < -0.39 is 24.6 Å². The summed E-state index contributed by atoms with van der Waals surface area (Å²) in [7, 11) is 0. The predicted octanol–water partition coefficient (Wildman–Crippen LogP) is 1.06. The lowest BCUT2D eigenvalue weighted by Gasteiger charge is -2.10. The second kappa shape index (κ2) is 6.53. The van der Waals surface area contributed by atoms with E-state index in [0.717, 1.165) is 6.07 Å². The van der Waals surface area contributed by atoms with Gasteiger partial charge in [-0.15, -0.1) is 0 Å². The van der Waals surface area contributed by atoms with Crippen LogP contribution in [0.4, 0.5) is 14.9 Å². The van der Waals surface area contributed by atoms with E-state index in [9.17, 15) is 9.18 Å². The molecule has 17 heavy (non-hydrogen) atoms. The maximum absolute atomic E-state index is 13.0. The number of amides is 2. The molecule has 0 aliphatic rings. The Kier molecular flexibility index (Phi) is 5.33. The molecule has 1 atom stereocenters. The number of carbonyl (C=O) groups is 1. The van der Waals surface area contributed by atoms with Crippen LogP contribution in [0.1, 0.15) is 0 Å². The van der Waals surface area contributed by atoms with E-state index >= 15 is 0 Å². The molecule has 0 fully saturated rings. The van der Waals surface area contributed by atoms with Gasteiger partial charge in [-0.25, -0.2) is 9.18 Å². The minimum atomic E-state index is -1.01. The topological polar surface area (TPSA) is 81.6 Å². The van der Waals surface area contributed by atoms with Crippen LogP contribution in [0, 0.1) is 5.82 Å². The third kappa shape index (κ3) is 5.12. The van der Waals surface area contributed by atoms with Crippen LogP contribution in [-0.4, -0.2) is 35.5 Å². The Bertz CT molecular complexity index is 383.